The van der Waals surface area contributed by atoms with Crippen LogP contribution in [0.15, 0.2) is 115 Å². The Hall–Kier alpha value is -4.91. The summed E-state index contributed by atoms with van der Waals surface area (Å²) in [5, 5.41) is 13.5. The molecular weight excluding hydrogens is 516 g/mol. The van der Waals surface area contributed by atoms with Gasteiger partial charge in [-0.2, -0.15) is 5.26 Å². The van der Waals surface area contributed by atoms with Crippen molar-refractivity contribution in [2.75, 3.05) is 0 Å². The fourth-order valence-electron chi connectivity index (χ4n) is 6.45. The highest BCUT2D eigenvalue weighted by atomic mass is 32.1. The van der Waals surface area contributed by atoms with Crippen molar-refractivity contribution in [1.82, 2.24) is 4.57 Å². The van der Waals surface area contributed by atoms with Gasteiger partial charge in [-0.25, -0.2) is 0 Å². The lowest BCUT2D eigenvalue weighted by Gasteiger charge is -2.18. The molecule has 194 valence electrons. The molecule has 1 aliphatic carbocycles. The standard InChI is InChI=1S/C38H26N2S/c39-24-27-15-19-35-33(22-27)34-23-28(30-10-6-11-32-31-9-4-5-12-37(31)41-38(30)32)16-20-36(34)40(35)29-17-13-26(14-18-29)21-25-7-2-1-3-8-25/h1-15,17-19,22-23H,16,20-21H2. The summed E-state index contributed by atoms with van der Waals surface area (Å²) in [6.45, 7) is 0. The van der Waals surface area contributed by atoms with Gasteiger partial charge in [-0.05, 0) is 84.0 Å². The van der Waals surface area contributed by atoms with Gasteiger partial charge in [-0.15, -0.1) is 11.3 Å². The zero-order valence-electron chi connectivity index (χ0n) is 22.5. The third-order valence-electron chi connectivity index (χ3n) is 8.38. The van der Waals surface area contributed by atoms with E-state index in [9.17, 15) is 5.26 Å². The van der Waals surface area contributed by atoms with E-state index in [0.717, 1.165) is 30.2 Å². The Balaban J connectivity index is 1.27. The summed E-state index contributed by atoms with van der Waals surface area (Å²) >= 11 is 1.89. The number of allylic oxidation sites excluding steroid dienone is 1. The minimum atomic E-state index is 0.697. The van der Waals surface area contributed by atoms with E-state index in [4.69, 9.17) is 0 Å². The highest BCUT2D eigenvalue weighted by Gasteiger charge is 2.23. The van der Waals surface area contributed by atoms with Crippen LogP contribution in [0.1, 0.15) is 39.9 Å². The highest BCUT2D eigenvalue weighted by Crippen LogP contribution is 2.43. The smallest absolute Gasteiger partial charge is 0.0991 e. The summed E-state index contributed by atoms with van der Waals surface area (Å²) < 4.78 is 5.10. The van der Waals surface area contributed by atoms with Gasteiger partial charge in [0.15, 0.2) is 0 Å². The molecular formula is C38H26N2S. The monoisotopic (exact) mass is 542 g/mol. The molecule has 0 radical (unpaired) electrons. The first-order valence-electron chi connectivity index (χ1n) is 14.1. The predicted molar refractivity (Wildman–Crippen MR) is 173 cm³/mol. The van der Waals surface area contributed by atoms with Crippen LogP contribution in [0.25, 0.3) is 48.4 Å². The van der Waals surface area contributed by atoms with E-state index in [1.165, 1.54) is 59.4 Å². The van der Waals surface area contributed by atoms with E-state index in [1.807, 2.05) is 17.4 Å². The number of thiophene rings is 1. The Morgan fingerprint density at radius 2 is 1.49 bits per heavy atom. The van der Waals surface area contributed by atoms with Crippen LogP contribution in [-0.2, 0) is 12.8 Å². The quantitative estimate of drug-likeness (QED) is 0.218. The molecule has 0 N–H and O–H groups in total. The molecule has 2 aromatic heterocycles. The van der Waals surface area contributed by atoms with E-state index >= 15 is 0 Å². The van der Waals surface area contributed by atoms with Gasteiger partial charge in [0, 0.05) is 42.5 Å². The highest BCUT2D eigenvalue weighted by molar-refractivity contribution is 7.26. The molecule has 0 atom stereocenters. The largest absolute Gasteiger partial charge is 0.313 e. The third-order valence-corrected chi connectivity index (χ3v) is 9.60. The van der Waals surface area contributed by atoms with Crippen molar-refractivity contribution in [3.63, 3.8) is 0 Å². The Morgan fingerprint density at radius 3 is 2.34 bits per heavy atom. The SMILES string of the molecule is N#Cc1ccc2c(c1)c1c(n2-c2ccc(Cc3ccccc3)cc2)CCC(c2cccc3c2sc2ccccc23)=C1. The second kappa shape index (κ2) is 9.63. The molecule has 7 aromatic rings. The molecule has 0 amide bonds. The second-order valence-corrected chi connectivity index (χ2v) is 11.9. The first kappa shape index (κ1) is 23.9. The topological polar surface area (TPSA) is 28.7 Å². The van der Waals surface area contributed by atoms with Gasteiger partial charge in [0.2, 0.25) is 0 Å². The van der Waals surface area contributed by atoms with E-state index in [1.54, 1.807) is 0 Å². The molecule has 5 aromatic carbocycles. The molecule has 1 aliphatic rings. The molecule has 2 heterocycles. The Labute approximate surface area is 243 Å². The van der Waals surface area contributed by atoms with Crippen LogP contribution >= 0.6 is 11.3 Å². The molecule has 0 fully saturated rings. The molecule has 8 rings (SSSR count). The van der Waals surface area contributed by atoms with Crippen molar-refractivity contribution in [1.29, 1.82) is 5.26 Å². The van der Waals surface area contributed by atoms with Crippen LogP contribution in [-0.4, -0.2) is 4.57 Å². The molecule has 0 bridgehead atoms. The fraction of sp³-hybridized carbons (Fsp3) is 0.0789. The zero-order chi connectivity index (χ0) is 27.3. The van der Waals surface area contributed by atoms with Crippen LogP contribution in [0.3, 0.4) is 0 Å². The zero-order valence-corrected chi connectivity index (χ0v) is 23.3. The van der Waals surface area contributed by atoms with Crippen LogP contribution < -0.4 is 0 Å². The number of hydrogen-bond donors (Lipinski definition) is 0. The molecule has 3 heteroatoms. The number of aromatic nitrogens is 1. The van der Waals surface area contributed by atoms with Crippen LogP contribution in [0.5, 0.6) is 0 Å². The van der Waals surface area contributed by atoms with Gasteiger partial charge in [0.05, 0.1) is 17.1 Å². The van der Waals surface area contributed by atoms with Gasteiger partial charge < -0.3 is 4.57 Å². The van der Waals surface area contributed by atoms with Crippen molar-refractivity contribution in [3.05, 3.63) is 149 Å². The van der Waals surface area contributed by atoms with Crippen LogP contribution in [0.4, 0.5) is 0 Å². The molecule has 0 spiro atoms. The maximum Gasteiger partial charge on any atom is 0.0991 e. The maximum atomic E-state index is 9.72. The second-order valence-electron chi connectivity index (χ2n) is 10.8. The lowest BCUT2D eigenvalue weighted by molar-refractivity contribution is 0.898. The number of nitrogens with zero attached hydrogens (tertiary/aromatic N) is 2. The molecule has 41 heavy (non-hydrogen) atoms. The maximum absolute atomic E-state index is 9.72. The van der Waals surface area contributed by atoms with E-state index in [2.05, 4.69) is 126 Å². The lowest BCUT2D eigenvalue weighted by atomic mass is 9.90. The van der Waals surface area contributed by atoms with Gasteiger partial charge in [-0.1, -0.05) is 78.9 Å². The number of nitriles is 1. The van der Waals surface area contributed by atoms with Crippen molar-refractivity contribution in [3.8, 4) is 11.8 Å². The molecule has 0 saturated heterocycles. The van der Waals surface area contributed by atoms with Crippen molar-refractivity contribution in [2.24, 2.45) is 0 Å². The number of rotatable bonds is 4. The average molecular weight is 543 g/mol. The average Bonchev–Trinajstić information content (AvgIpc) is 3.57. The summed E-state index contributed by atoms with van der Waals surface area (Å²) in [4.78, 5) is 0. The summed E-state index contributed by atoms with van der Waals surface area (Å²) in [5.74, 6) is 0. The molecule has 2 nitrogen and oxygen atoms in total. The Kier molecular flexibility index (Phi) is 5.62. The summed E-state index contributed by atoms with van der Waals surface area (Å²) in [7, 11) is 0. The summed E-state index contributed by atoms with van der Waals surface area (Å²) in [6, 6.07) is 43.5. The first-order chi connectivity index (χ1) is 20.3. The van der Waals surface area contributed by atoms with E-state index < -0.39 is 0 Å². The Morgan fingerprint density at radius 1 is 0.707 bits per heavy atom. The van der Waals surface area contributed by atoms with E-state index in [0.29, 0.717) is 5.56 Å². The minimum Gasteiger partial charge on any atom is -0.313 e. The first-order valence-corrected chi connectivity index (χ1v) is 14.9. The predicted octanol–water partition coefficient (Wildman–Crippen LogP) is 9.95. The Bertz CT molecular complexity index is 2170. The normalized spacial score (nSPS) is 12.9. The third kappa shape index (κ3) is 3.99. The molecule has 0 saturated carbocycles. The van der Waals surface area contributed by atoms with Gasteiger partial charge in [0.1, 0.15) is 0 Å². The number of fused-ring (bicyclic) bond motifs is 6. The number of hydrogen-bond acceptors (Lipinski definition) is 2. The lowest BCUT2D eigenvalue weighted by Crippen LogP contribution is -2.05. The van der Waals surface area contributed by atoms with Crippen molar-refractivity contribution in [2.45, 2.75) is 19.3 Å². The van der Waals surface area contributed by atoms with Crippen molar-refractivity contribution >= 4 is 54.1 Å². The van der Waals surface area contributed by atoms with Crippen LogP contribution in [0, 0.1) is 11.3 Å². The number of benzene rings is 5. The summed E-state index contributed by atoms with van der Waals surface area (Å²) in [5.41, 5.74) is 10.9. The minimum absolute atomic E-state index is 0.697. The molecule has 0 aliphatic heterocycles. The van der Waals surface area contributed by atoms with E-state index in [-0.39, 0.29) is 0 Å². The van der Waals surface area contributed by atoms with Crippen LogP contribution in [0.2, 0.25) is 0 Å². The van der Waals surface area contributed by atoms with Crippen molar-refractivity contribution < 1.29 is 0 Å². The fourth-order valence-corrected chi connectivity index (χ4v) is 7.70. The van der Waals surface area contributed by atoms with Gasteiger partial charge in [-0.3, -0.25) is 0 Å². The van der Waals surface area contributed by atoms with Gasteiger partial charge >= 0.3 is 0 Å². The van der Waals surface area contributed by atoms with Gasteiger partial charge in [0.25, 0.3) is 0 Å². The molecule has 0 unspecified atom stereocenters. The summed E-state index contributed by atoms with van der Waals surface area (Å²) in [6.07, 6.45) is 5.24.